The third-order valence-corrected chi connectivity index (χ3v) is 4.35. The van der Waals surface area contributed by atoms with Crippen LogP contribution in [0.15, 0.2) is 48.5 Å². The van der Waals surface area contributed by atoms with Gasteiger partial charge in [-0.15, -0.1) is 0 Å². The minimum absolute atomic E-state index is 0.0486. The highest BCUT2D eigenvalue weighted by atomic mass is 16.5. The fourth-order valence-corrected chi connectivity index (χ4v) is 2.86. The summed E-state index contributed by atoms with van der Waals surface area (Å²) in [6, 6.07) is 15.8. The van der Waals surface area contributed by atoms with Gasteiger partial charge >= 0.3 is 0 Å². The molecule has 27 heavy (non-hydrogen) atoms. The van der Waals surface area contributed by atoms with Crippen LogP contribution in [-0.2, 0) is 16.0 Å². The second-order valence-electron chi connectivity index (χ2n) is 7.09. The molecule has 4 heteroatoms. The highest BCUT2D eigenvalue weighted by Crippen LogP contribution is 2.26. The number of rotatable bonds is 10. The summed E-state index contributed by atoms with van der Waals surface area (Å²) in [5.74, 6) is 0.989. The molecule has 0 fully saturated rings. The topological polar surface area (TPSA) is 47.6 Å². The summed E-state index contributed by atoms with van der Waals surface area (Å²) >= 11 is 0. The van der Waals surface area contributed by atoms with Crippen LogP contribution in [0.1, 0.15) is 44.7 Å². The van der Waals surface area contributed by atoms with Gasteiger partial charge in [0.15, 0.2) is 0 Å². The van der Waals surface area contributed by atoms with Crippen molar-refractivity contribution in [2.24, 2.45) is 5.92 Å². The standard InChI is InChI=1S/C23H31NO3/c1-5-26-14-15-27-22-9-7-6-8-21(22)24-23(25)18(4)20-12-10-19(11-13-20)16-17(2)3/h6-13,17-18H,5,14-16H2,1-4H3,(H,24,25). The Balaban J connectivity index is 1.99. The molecule has 1 N–H and O–H groups in total. The van der Waals surface area contributed by atoms with Gasteiger partial charge in [-0.3, -0.25) is 4.79 Å². The van der Waals surface area contributed by atoms with Gasteiger partial charge in [0.05, 0.1) is 18.2 Å². The molecule has 0 saturated heterocycles. The summed E-state index contributed by atoms with van der Waals surface area (Å²) in [4.78, 5) is 12.7. The smallest absolute Gasteiger partial charge is 0.231 e. The number of anilines is 1. The maximum atomic E-state index is 12.7. The number of para-hydroxylation sites is 2. The Morgan fingerprint density at radius 3 is 2.37 bits per heavy atom. The van der Waals surface area contributed by atoms with Crippen LogP contribution in [0.3, 0.4) is 0 Å². The van der Waals surface area contributed by atoms with Crippen LogP contribution in [0.5, 0.6) is 5.75 Å². The van der Waals surface area contributed by atoms with Crippen molar-refractivity contribution < 1.29 is 14.3 Å². The molecule has 0 aromatic heterocycles. The first-order chi connectivity index (χ1) is 13.0. The first-order valence-electron chi connectivity index (χ1n) is 9.70. The Labute approximate surface area is 162 Å². The van der Waals surface area contributed by atoms with Gasteiger partial charge in [0.1, 0.15) is 12.4 Å². The number of carbonyl (C=O) groups is 1. The molecule has 0 radical (unpaired) electrons. The Morgan fingerprint density at radius 2 is 1.70 bits per heavy atom. The molecule has 1 atom stereocenters. The van der Waals surface area contributed by atoms with Crippen molar-refractivity contribution in [2.75, 3.05) is 25.1 Å². The summed E-state index contributed by atoms with van der Waals surface area (Å²) in [5.41, 5.74) is 2.99. The molecule has 0 heterocycles. The van der Waals surface area contributed by atoms with E-state index in [4.69, 9.17) is 9.47 Å². The molecule has 2 aromatic rings. The summed E-state index contributed by atoms with van der Waals surface area (Å²) in [6.45, 7) is 9.92. The van der Waals surface area contributed by atoms with Crippen molar-refractivity contribution in [2.45, 2.75) is 40.0 Å². The molecule has 2 aromatic carbocycles. The van der Waals surface area contributed by atoms with Gasteiger partial charge in [0.2, 0.25) is 5.91 Å². The highest BCUT2D eigenvalue weighted by molar-refractivity contribution is 5.96. The van der Waals surface area contributed by atoms with Gasteiger partial charge in [-0.05, 0) is 49.4 Å². The first-order valence-corrected chi connectivity index (χ1v) is 9.70. The Morgan fingerprint density at radius 1 is 1.00 bits per heavy atom. The minimum atomic E-state index is -0.241. The van der Waals surface area contributed by atoms with Gasteiger partial charge in [-0.2, -0.15) is 0 Å². The number of nitrogens with one attached hydrogen (secondary N) is 1. The number of hydrogen-bond donors (Lipinski definition) is 1. The van der Waals surface area contributed by atoms with Crippen LogP contribution >= 0.6 is 0 Å². The van der Waals surface area contributed by atoms with Crippen molar-refractivity contribution in [3.05, 3.63) is 59.7 Å². The lowest BCUT2D eigenvalue weighted by Gasteiger charge is -2.16. The van der Waals surface area contributed by atoms with Crippen LogP contribution in [-0.4, -0.2) is 25.7 Å². The third-order valence-electron chi connectivity index (χ3n) is 4.35. The quantitative estimate of drug-likeness (QED) is 0.597. The normalized spacial score (nSPS) is 12.0. The van der Waals surface area contributed by atoms with Crippen molar-refractivity contribution in [1.29, 1.82) is 0 Å². The van der Waals surface area contributed by atoms with Crippen LogP contribution in [0.2, 0.25) is 0 Å². The van der Waals surface area contributed by atoms with Crippen LogP contribution in [0.4, 0.5) is 5.69 Å². The molecule has 2 rings (SSSR count). The van der Waals surface area contributed by atoms with E-state index in [9.17, 15) is 4.79 Å². The summed E-state index contributed by atoms with van der Waals surface area (Å²) in [5, 5.41) is 2.99. The van der Waals surface area contributed by atoms with E-state index >= 15 is 0 Å². The zero-order valence-electron chi connectivity index (χ0n) is 16.8. The van der Waals surface area contributed by atoms with E-state index in [1.54, 1.807) is 0 Å². The molecular formula is C23H31NO3. The van der Waals surface area contributed by atoms with E-state index in [-0.39, 0.29) is 11.8 Å². The van der Waals surface area contributed by atoms with Crippen molar-refractivity contribution >= 4 is 11.6 Å². The lowest BCUT2D eigenvalue weighted by atomic mass is 9.96. The number of benzene rings is 2. The van der Waals surface area contributed by atoms with Crippen LogP contribution < -0.4 is 10.1 Å². The Bertz CT molecular complexity index is 710. The SMILES string of the molecule is CCOCCOc1ccccc1NC(=O)C(C)c1ccc(CC(C)C)cc1. The maximum Gasteiger partial charge on any atom is 0.231 e. The van der Waals surface area contributed by atoms with Crippen LogP contribution in [0.25, 0.3) is 0 Å². The lowest BCUT2D eigenvalue weighted by Crippen LogP contribution is -2.19. The zero-order chi connectivity index (χ0) is 19.6. The van der Waals surface area contributed by atoms with Crippen molar-refractivity contribution in [3.8, 4) is 5.75 Å². The van der Waals surface area contributed by atoms with E-state index in [1.807, 2.05) is 50.2 Å². The van der Waals surface area contributed by atoms with Gasteiger partial charge in [0, 0.05) is 6.61 Å². The van der Waals surface area contributed by atoms with Gasteiger partial charge in [0.25, 0.3) is 0 Å². The summed E-state index contributed by atoms with van der Waals surface area (Å²) < 4.78 is 11.0. The number of carbonyl (C=O) groups excluding carboxylic acids is 1. The largest absolute Gasteiger partial charge is 0.489 e. The fourth-order valence-electron chi connectivity index (χ4n) is 2.86. The molecule has 146 valence electrons. The summed E-state index contributed by atoms with van der Waals surface area (Å²) in [7, 11) is 0. The average molecular weight is 370 g/mol. The first kappa shape index (κ1) is 21.0. The zero-order valence-corrected chi connectivity index (χ0v) is 16.8. The van der Waals surface area contributed by atoms with Crippen LogP contribution in [0, 0.1) is 5.92 Å². The molecule has 4 nitrogen and oxygen atoms in total. The monoisotopic (exact) mass is 369 g/mol. The van der Waals surface area contributed by atoms with E-state index in [0.717, 1.165) is 12.0 Å². The molecule has 1 amide bonds. The van der Waals surface area contributed by atoms with Crippen molar-refractivity contribution in [1.82, 2.24) is 0 Å². The van der Waals surface area contributed by atoms with Gasteiger partial charge in [-0.25, -0.2) is 0 Å². The lowest BCUT2D eigenvalue weighted by molar-refractivity contribution is -0.117. The number of amides is 1. The second-order valence-corrected chi connectivity index (χ2v) is 7.09. The molecule has 1 unspecified atom stereocenters. The molecule has 0 aliphatic rings. The highest BCUT2D eigenvalue weighted by Gasteiger charge is 2.17. The Kier molecular flexibility index (Phi) is 8.34. The predicted molar refractivity (Wildman–Crippen MR) is 110 cm³/mol. The van der Waals surface area contributed by atoms with E-state index in [2.05, 4.69) is 31.3 Å². The molecular weight excluding hydrogens is 338 g/mol. The van der Waals surface area contributed by atoms with Gasteiger partial charge in [-0.1, -0.05) is 50.2 Å². The molecule has 0 saturated carbocycles. The van der Waals surface area contributed by atoms with E-state index in [0.29, 0.717) is 37.2 Å². The van der Waals surface area contributed by atoms with E-state index < -0.39 is 0 Å². The maximum absolute atomic E-state index is 12.7. The minimum Gasteiger partial charge on any atom is -0.489 e. The molecule has 0 bridgehead atoms. The average Bonchev–Trinajstić information content (AvgIpc) is 2.66. The number of hydrogen-bond acceptors (Lipinski definition) is 3. The molecule has 0 spiro atoms. The second kappa shape index (κ2) is 10.7. The predicted octanol–water partition coefficient (Wildman–Crippen LogP) is 5.04. The van der Waals surface area contributed by atoms with Crippen molar-refractivity contribution in [3.63, 3.8) is 0 Å². The van der Waals surface area contributed by atoms with Gasteiger partial charge < -0.3 is 14.8 Å². The van der Waals surface area contributed by atoms with E-state index in [1.165, 1.54) is 5.56 Å². The molecule has 0 aliphatic heterocycles. The summed E-state index contributed by atoms with van der Waals surface area (Å²) in [6.07, 6.45) is 1.05. The molecule has 0 aliphatic carbocycles. The third kappa shape index (κ3) is 6.72. The Hall–Kier alpha value is -2.33. The number of ether oxygens (including phenoxy) is 2. The fraction of sp³-hybridized carbons (Fsp3) is 0.435.